The van der Waals surface area contributed by atoms with Crippen LogP contribution in [0.15, 0.2) is 18.2 Å². The van der Waals surface area contributed by atoms with E-state index >= 15 is 0 Å². The normalized spacial score (nSPS) is 10.9. The van der Waals surface area contributed by atoms with Crippen molar-refractivity contribution in [1.29, 1.82) is 0 Å². The molecule has 0 spiro atoms. The summed E-state index contributed by atoms with van der Waals surface area (Å²) in [6.07, 6.45) is 0. The summed E-state index contributed by atoms with van der Waals surface area (Å²) in [5.41, 5.74) is -0.650. The number of halogens is 1. The lowest BCUT2D eigenvalue weighted by Gasteiger charge is -2.20. The van der Waals surface area contributed by atoms with Gasteiger partial charge in [0.05, 0.1) is 4.92 Å². The number of nitrogens with one attached hydrogen (secondary N) is 1. The highest BCUT2D eigenvalue weighted by Gasteiger charge is 2.18. The van der Waals surface area contributed by atoms with Crippen molar-refractivity contribution in [3.63, 3.8) is 0 Å². The molecule has 0 saturated carbocycles. The third kappa shape index (κ3) is 5.13. The number of carbonyl (C=O) groups is 1. The van der Waals surface area contributed by atoms with Gasteiger partial charge in [0.2, 0.25) is 0 Å². The Labute approximate surface area is 115 Å². The molecule has 1 N–H and O–H groups in total. The Morgan fingerprint density at radius 2 is 2.11 bits per heavy atom. The smallest absolute Gasteiger partial charge is 0.312 e. The van der Waals surface area contributed by atoms with Crippen molar-refractivity contribution in [3.8, 4) is 5.75 Å². The molecule has 0 radical (unpaired) electrons. The molecule has 0 aliphatic carbocycles. The van der Waals surface area contributed by atoms with Crippen LogP contribution in [0.25, 0.3) is 0 Å². The highest BCUT2D eigenvalue weighted by atomic mass is 35.5. The molecule has 0 aromatic heterocycles. The first-order valence-electron chi connectivity index (χ1n) is 5.57. The summed E-state index contributed by atoms with van der Waals surface area (Å²) in [5.74, 6) is -0.338. The van der Waals surface area contributed by atoms with Crippen molar-refractivity contribution in [1.82, 2.24) is 5.32 Å². The maximum Gasteiger partial charge on any atom is 0.312 e. The Balaban J connectivity index is 2.73. The fraction of sp³-hybridized carbons (Fsp3) is 0.417. The average Bonchev–Trinajstić information content (AvgIpc) is 2.24. The molecule has 0 heterocycles. The van der Waals surface area contributed by atoms with Crippen LogP contribution in [0.2, 0.25) is 5.02 Å². The summed E-state index contributed by atoms with van der Waals surface area (Å²) < 4.78 is 5.15. The van der Waals surface area contributed by atoms with Crippen LogP contribution in [0, 0.1) is 10.1 Å². The number of ether oxygens (including phenoxy) is 1. The van der Waals surface area contributed by atoms with Gasteiger partial charge in [-0.25, -0.2) is 0 Å². The second-order valence-corrected chi connectivity index (χ2v) is 5.39. The Hall–Kier alpha value is -1.82. The van der Waals surface area contributed by atoms with Gasteiger partial charge in [0.15, 0.2) is 12.4 Å². The number of carbonyl (C=O) groups excluding carboxylic acids is 1. The number of nitrogens with zero attached hydrogens (tertiary/aromatic N) is 1. The first-order valence-corrected chi connectivity index (χ1v) is 5.94. The van der Waals surface area contributed by atoms with E-state index in [1.807, 2.05) is 20.8 Å². The standard InChI is InChI=1S/C12H15ClN2O4/c1-12(2,3)14-11(16)7-19-10-5-4-8(13)6-9(10)15(17)18/h4-6H,7H2,1-3H3,(H,14,16). The molecule has 104 valence electrons. The molecular weight excluding hydrogens is 272 g/mol. The van der Waals surface area contributed by atoms with Crippen LogP contribution < -0.4 is 10.1 Å². The molecule has 1 aromatic rings. The van der Waals surface area contributed by atoms with Gasteiger partial charge in [-0.3, -0.25) is 14.9 Å². The number of rotatable bonds is 4. The van der Waals surface area contributed by atoms with E-state index in [0.29, 0.717) is 0 Å². The van der Waals surface area contributed by atoms with E-state index in [2.05, 4.69) is 5.32 Å². The second-order valence-electron chi connectivity index (χ2n) is 4.96. The number of hydrogen-bond donors (Lipinski definition) is 1. The third-order valence-corrected chi connectivity index (χ3v) is 2.23. The van der Waals surface area contributed by atoms with Crippen LogP contribution in [-0.2, 0) is 4.79 Å². The molecule has 0 atom stereocenters. The zero-order valence-electron chi connectivity index (χ0n) is 10.9. The van der Waals surface area contributed by atoms with Crippen LogP contribution in [0.1, 0.15) is 20.8 Å². The predicted molar refractivity (Wildman–Crippen MR) is 71.5 cm³/mol. The van der Waals surface area contributed by atoms with Crippen molar-refractivity contribution >= 4 is 23.2 Å². The van der Waals surface area contributed by atoms with Gasteiger partial charge in [0, 0.05) is 16.6 Å². The van der Waals surface area contributed by atoms with Crippen LogP contribution in [0.3, 0.4) is 0 Å². The number of nitro groups is 1. The van der Waals surface area contributed by atoms with Crippen molar-refractivity contribution in [2.45, 2.75) is 26.3 Å². The number of hydrogen-bond acceptors (Lipinski definition) is 4. The first kappa shape index (κ1) is 15.2. The molecule has 19 heavy (non-hydrogen) atoms. The van der Waals surface area contributed by atoms with Gasteiger partial charge in [0.1, 0.15) is 0 Å². The molecule has 6 nitrogen and oxygen atoms in total. The second kappa shape index (κ2) is 5.88. The van der Waals surface area contributed by atoms with Gasteiger partial charge in [-0.05, 0) is 32.9 Å². The van der Waals surface area contributed by atoms with Gasteiger partial charge in [0.25, 0.3) is 5.91 Å². The van der Waals surface area contributed by atoms with Gasteiger partial charge in [-0.2, -0.15) is 0 Å². The van der Waals surface area contributed by atoms with Crippen LogP contribution in [0.4, 0.5) is 5.69 Å². The molecule has 0 fully saturated rings. The zero-order valence-corrected chi connectivity index (χ0v) is 11.7. The maximum atomic E-state index is 11.5. The van der Waals surface area contributed by atoms with Crippen molar-refractivity contribution < 1.29 is 14.5 Å². The van der Waals surface area contributed by atoms with Crippen LogP contribution in [0.5, 0.6) is 5.75 Å². The Kier molecular flexibility index (Phi) is 4.72. The minimum Gasteiger partial charge on any atom is -0.477 e. The molecule has 0 aliphatic rings. The lowest BCUT2D eigenvalue weighted by Crippen LogP contribution is -2.43. The lowest BCUT2D eigenvalue weighted by atomic mass is 10.1. The Bertz CT molecular complexity index is 497. The summed E-state index contributed by atoms with van der Waals surface area (Å²) in [5, 5.41) is 13.7. The van der Waals surface area contributed by atoms with Gasteiger partial charge < -0.3 is 10.1 Å². The molecule has 0 unspecified atom stereocenters. The van der Waals surface area contributed by atoms with E-state index in [1.54, 1.807) is 0 Å². The minimum absolute atomic E-state index is 0.0125. The summed E-state index contributed by atoms with van der Waals surface area (Å²) in [6.45, 7) is 5.20. The Morgan fingerprint density at radius 3 is 2.63 bits per heavy atom. The molecule has 0 aliphatic heterocycles. The number of amides is 1. The number of nitro benzene ring substituents is 1. The molecule has 7 heteroatoms. The van der Waals surface area contributed by atoms with Crippen LogP contribution in [-0.4, -0.2) is 23.0 Å². The topological polar surface area (TPSA) is 81.5 Å². The van der Waals surface area contributed by atoms with E-state index in [1.165, 1.54) is 18.2 Å². The van der Waals surface area contributed by atoms with E-state index < -0.39 is 4.92 Å². The van der Waals surface area contributed by atoms with Gasteiger partial charge in [-0.15, -0.1) is 0 Å². The quantitative estimate of drug-likeness (QED) is 0.681. The fourth-order valence-corrected chi connectivity index (χ4v) is 1.52. The molecular formula is C12H15ClN2O4. The van der Waals surface area contributed by atoms with E-state index in [0.717, 1.165) is 0 Å². The van der Waals surface area contributed by atoms with E-state index in [9.17, 15) is 14.9 Å². The summed E-state index contributed by atoms with van der Waals surface area (Å²) in [4.78, 5) is 21.8. The fourth-order valence-electron chi connectivity index (χ4n) is 1.35. The average molecular weight is 287 g/mol. The zero-order chi connectivity index (χ0) is 14.6. The lowest BCUT2D eigenvalue weighted by molar-refractivity contribution is -0.385. The molecule has 1 aromatic carbocycles. The molecule has 1 rings (SSSR count). The van der Waals surface area contributed by atoms with Gasteiger partial charge in [-0.1, -0.05) is 11.6 Å². The molecule has 0 bridgehead atoms. The highest BCUT2D eigenvalue weighted by Crippen LogP contribution is 2.29. The summed E-state index contributed by atoms with van der Waals surface area (Å²) in [7, 11) is 0. The summed E-state index contributed by atoms with van der Waals surface area (Å²) in [6, 6.07) is 4.01. The third-order valence-electron chi connectivity index (χ3n) is 1.99. The Morgan fingerprint density at radius 1 is 1.47 bits per heavy atom. The van der Waals surface area contributed by atoms with E-state index in [4.69, 9.17) is 16.3 Å². The van der Waals surface area contributed by atoms with Crippen molar-refractivity contribution in [2.75, 3.05) is 6.61 Å². The highest BCUT2D eigenvalue weighted by molar-refractivity contribution is 6.30. The van der Waals surface area contributed by atoms with Gasteiger partial charge >= 0.3 is 5.69 Å². The largest absolute Gasteiger partial charge is 0.477 e. The monoisotopic (exact) mass is 286 g/mol. The van der Waals surface area contributed by atoms with E-state index in [-0.39, 0.29) is 34.5 Å². The predicted octanol–water partition coefficient (Wildman–Crippen LogP) is 2.54. The maximum absolute atomic E-state index is 11.5. The summed E-state index contributed by atoms with van der Waals surface area (Å²) >= 11 is 5.67. The molecule has 1 amide bonds. The first-order chi connectivity index (χ1) is 8.69. The van der Waals surface area contributed by atoms with Crippen molar-refractivity contribution in [2.24, 2.45) is 0 Å². The number of benzene rings is 1. The van der Waals surface area contributed by atoms with Crippen molar-refractivity contribution in [3.05, 3.63) is 33.3 Å². The SMILES string of the molecule is CC(C)(C)NC(=O)COc1ccc(Cl)cc1[N+](=O)[O-]. The molecule has 0 saturated heterocycles. The van der Waals surface area contributed by atoms with Crippen LogP contribution >= 0.6 is 11.6 Å². The minimum atomic E-state index is -0.608.